The van der Waals surface area contributed by atoms with Crippen molar-refractivity contribution in [1.29, 1.82) is 0 Å². The van der Waals surface area contributed by atoms with Crippen LogP contribution in [0.25, 0.3) is 0 Å². The van der Waals surface area contributed by atoms with Gasteiger partial charge in [0.1, 0.15) is 11.6 Å². The molecule has 82 valence electrons. The fourth-order valence-corrected chi connectivity index (χ4v) is 2.66. The Morgan fingerprint density at radius 2 is 1.73 bits per heavy atom. The van der Waals surface area contributed by atoms with E-state index in [9.17, 15) is 17.2 Å². The number of hydrogen-bond acceptors (Lipinski definition) is 2. The SMILES string of the molecule is O=S(=O)(NC1CC1)c1c(F)cccc1F. The van der Waals surface area contributed by atoms with Crippen LogP contribution in [0, 0.1) is 11.6 Å². The average Bonchev–Trinajstić information content (AvgIpc) is 2.86. The first-order valence-electron chi connectivity index (χ1n) is 4.47. The van der Waals surface area contributed by atoms with Crippen LogP contribution in [-0.4, -0.2) is 14.5 Å². The van der Waals surface area contributed by atoms with E-state index in [1.54, 1.807) is 0 Å². The van der Waals surface area contributed by atoms with Crippen LogP contribution >= 0.6 is 0 Å². The number of halogens is 2. The first-order valence-corrected chi connectivity index (χ1v) is 5.95. The molecule has 1 aromatic carbocycles. The predicted octanol–water partition coefficient (Wildman–Crippen LogP) is 1.41. The van der Waals surface area contributed by atoms with E-state index in [2.05, 4.69) is 4.72 Å². The van der Waals surface area contributed by atoms with Gasteiger partial charge in [-0.3, -0.25) is 0 Å². The first-order chi connectivity index (χ1) is 7.00. The Morgan fingerprint density at radius 3 is 2.20 bits per heavy atom. The third kappa shape index (κ3) is 2.15. The van der Waals surface area contributed by atoms with Crippen molar-refractivity contribution in [3.05, 3.63) is 29.8 Å². The molecule has 0 heterocycles. The van der Waals surface area contributed by atoms with Gasteiger partial charge in [0, 0.05) is 6.04 Å². The maximum atomic E-state index is 13.2. The molecule has 0 unspecified atom stereocenters. The van der Waals surface area contributed by atoms with Crippen molar-refractivity contribution in [2.45, 2.75) is 23.8 Å². The van der Waals surface area contributed by atoms with Gasteiger partial charge in [-0.2, -0.15) is 0 Å². The molecule has 0 spiro atoms. The van der Waals surface area contributed by atoms with Gasteiger partial charge in [0.15, 0.2) is 4.90 Å². The van der Waals surface area contributed by atoms with Crippen molar-refractivity contribution in [3.63, 3.8) is 0 Å². The van der Waals surface area contributed by atoms with Crippen LogP contribution in [0.5, 0.6) is 0 Å². The lowest BCUT2D eigenvalue weighted by Crippen LogP contribution is -2.27. The van der Waals surface area contributed by atoms with Gasteiger partial charge in [-0.25, -0.2) is 21.9 Å². The molecule has 6 heteroatoms. The summed E-state index contributed by atoms with van der Waals surface area (Å²) in [5.41, 5.74) is 0. The highest BCUT2D eigenvalue weighted by Gasteiger charge is 2.31. The Hall–Kier alpha value is -1.01. The van der Waals surface area contributed by atoms with E-state index in [0.717, 1.165) is 31.0 Å². The van der Waals surface area contributed by atoms with E-state index < -0.39 is 26.6 Å². The molecule has 1 aromatic rings. The summed E-state index contributed by atoms with van der Waals surface area (Å²) >= 11 is 0. The van der Waals surface area contributed by atoms with E-state index in [-0.39, 0.29) is 6.04 Å². The van der Waals surface area contributed by atoms with Crippen LogP contribution in [0.2, 0.25) is 0 Å². The molecular formula is C9H9F2NO2S. The Labute approximate surface area is 86.2 Å². The second kappa shape index (κ2) is 3.53. The number of nitrogens with one attached hydrogen (secondary N) is 1. The van der Waals surface area contributed by atoms with Gasteiger partial charge >= 0.3 is 0 Å². The first kappa shape index (κ1) is 10.5. The van der Waals surface area contributed by atoms with E-state index in [1.165, 1.54) is 0 Å². The summed E-state index contributed by atoms with van der Waals surface area (Å²) < 4.78 is 51.6. The molecule has 3 nitrogen and oxygen atoms in total. The molecule has 15 heavy (non-hydrogen) atoms. The van der Waals surface area contributed by atoms with Gasteiger partial charge in [-0.1, -0.05) is 6.07 Å². The normalized spacial score (nSPS) is 16.7. The minimum absolute atomic E-state index is 0.172. The van der Waals surface area contributed by atoms with Crippen molar-refractivity contribution < 1.29 is 17.2 Å². The number of sulfonamides is 1. The van der Waals surface area contributed by atoms with E-state index in [4.69, 9.17) is 0 Å². The molecule has 1 saturated carbocycles. The summed E-state index contributed by atoms with van der Waals surface area (Å²) in [5, 5.41) is 0. The molecule has 0 aromatic heterocycles. The largest absolute Gasteiger partial charge is 0.246 e. The summed E-state index contributed by atoms with van der Waals surface area (Å²) in [4.78, 5) is -0.892. The Bertz CT molecular complexity index is 463. The molecule has 2 rings (SSSR count). The number of benzene rings is 1. The minimum Gasteiger partial charge on any atom is -0.208 e. The third-order valence-electron chi connectivity index (χ3n) is 2.09. The van der Waals surface area contributed by atoms with Crippen molar-refractivity contribution >= 4 is 10.0 Å². The van der Waals surface area contributed by atoms with Crippen LogP contribution in [0.15, 0.2) is 23.1 Å². The monoisotopic (exact) mass is 233 g/mol. The molecule has 0 radical (unpaired) electrons. The Morgan fingerprint density at radius 1 is 1.20 bits per heavy atom. The molecule has 0 bridgehead atoms. The third-order valence-corrected chi connectivity index (χ3v) is 3.66. The zero-order chi connectivity index (χ0) is 11.1. The zero-order valence-electron chi connectivity index (χ0n) is 7.70. The van der Waals surface area contributed by atoms with E-state index in [1.807, 2.05) is 0 Å². The average molecular weight is 233 g/mol. The van der Waals surface area contributed by atoms with Crippen molar-refractivity contribution in [3.8, 4) is 0 Å². The highest BCUT2D eigenvalue weighted by atomic mass is 32.2. The Balaban J connectivity index is 2.42. The van der Waals surface area contributed by atoms with Gasteiger partial charge in [0.2, 0.25) is 10.0 Å². The maximum Gasteiger partial charge on any atom is 0.246 e. The lowest BCUT2D eigenvalue weighted by Gasteiger charge is -2.06. The molecule has 0 atom stereocenters. The van der Waals surface area contributed by atoms with E-state index in [0.29, 0.717) is 0 Å². The predicted molar refractivity (Wildman–Crippen MR) is 49.7 cm³/mol. The summed E-state index contributed by atoms with van der Waals surface area (Å²) in [5.74, 6) is -2.13. The van der Waals surface area contributed by atoms with Gasteiger partial charge in [-0.05, 0) is 25.0 Å². The summed E-state index contributed by atoms with van der Waals surface area (Å²) in [6.45, 7) is 0. The topological polar surface area (TPSA) is 46.2 Å². The van der Waals surface area contributed by atoms with Crippen LogP contribution in [0.4, 0.5) is 8.78 Å². The zero-order valence-corrected chi connectivity index (χ0v) is 8.52. The number of rotatable bonds is 3. The highest BCUT2D eigenvalue weighted by Crippen LogP contribution is 2.24. The van der Waals surface area contributed by atoms with Gasteiger partial charge in [0.05, 0.1) is 0 Å². The maximum absolute atomic E-state index is 13.2. The molecule has 1 N–H and O–H groups in total. The van der Waals surface area contributed by atoms with Crippen molar-refractivity contribution in [2.24, 2.45) is 0 Å². The van der Waals surface area contributed by atoms with Crippen LogP contribution in [0.1, 0.15) is 12.8 Å². The quantitative estimate of drug-likeness (QED) is 0.857. The van der Waals surface area contributed by atoms with Crippen LogP contribution < -0.4 is 4.72 Å². The highest BCUT2D eigenvalue weighted by molar-refractivity contribution is 7.89. The van der Waals surface area contributed by atoms with Crippen LogP contribution in [-0.2, 0) is 10.0 Å². The molecule has 0 aliphatic heterocycles. The molecule has 0 saturated heterocycles. The van der Waals surface area contributed by atoms with Gasteiger partial charge in [-0.15, -0.1) is 0 Å². The summed E-state index contributed by atoms with van der Waals surface area (Å²) in [7, 11) is -4.06. The fourth-order valence-electron chi connectivity index (χ4n) is 1.22. The molecule has 1 aliphatic rings. The lowest BCUT2D eigenvalue weighted by molar-refractivity contribution is 0.514. The smallest absolute Gasteiger partial charge is 0.208 e. The summed E-state index contributed by atoms with van der Waals surface area (Å²) in [6.07, 6.45) is 1.44. The van der Waals surface area contributed by atoms with Crippen molar-refractivity contribution in [2.75, 3.05) is 0 Å². The van der Waals surface area contributed by atoms with Crippen molar-refractivity contribution in [1.82, 2.24) is 4.72 Å². The summed E-state index contributed by atoms with van der Waals surface area (Å²) in [6, 6.07) is 2.80. The van der Waals surface area contributed by atoms with Gasteiger partial charge in [0.25, 0.3) is 0 Å². The minimum atomic E-state index is -4.06. The second-order valence-corrected chi connectivity index (χ2v) is 5.10. The fraction of sp³-hybridized carbons (Fsp3) is 0.333. The Kier molecular flexibility index (Phi) is 2.47. The number of hydrogen-bond donors (Lipinski definition) is 1. The molecule has 0 amide bonds. The lowest BCUT2D eigenvalue weighted by atomic mass is 10.3. The molecular weight excluding hydrogens is 224 g/mol. The van der Waals surface area contributed by atoms with Gasteiger partial charge < -0.3 is 0 Å². The standard InChI is InChI=1S/C9H9F2NO2S/c10-7-2-1-3-8(11)9(7)15(13,14)12-6-4-5-6/h1-3,6,12H,4-5H2. The molecule has 1 aliphatic carbocycles. The second-order valence-electron chi connectivity index (χ2n) is 3.45. The molecule has 1 fully saturated rings. The van der Waals surface area contributed by atoms with E-state index >= 15 is 0 Å². The van der Waals surface area contributed by atoms with Crippen LogP contribution in [0.3, 0.4) is 0 Å².